The van der Waals surface area contributed by atoms with Crippen molar-refractivity contribution in [3.63, 3.8) is 0 Å². The number of nitrogens with one attached hydrogen (secondary N) is 2. The van der Waals surface area contributed by atoms with E-state index in [-0.39, 0.29) is 5.56 Å². The average molecular weight is 452 g/mol. The van der Waals surface area contributed by atoms with Gasteiger partial charge in [0.25, 0.3) is 5.56 Å². The van der Waals surface area contributed by atoms with Crippen LogP contribution in [0.5, 0.6) is 0 Å². The lowest BCUT2D eigenvalue weighted by atomic mass is 9.96. The van der Waals surface area contributed by atoms with Crippen LogP contribution in [0.25, 0.3) is 33.1 Å². The molecule has 8 nitrogen and oxygen atoms in total. The number of rotatable bonds is 4. The number of hydrogen-bond donors (Lipinski definition) is 2. The van der Waals surface area contributed by atoms with Gasteiger partial charge in [-0.25, -0.2) is 0 Å². The van der Waals surface area contributed by atoms with E-state index >= 15 is 0 Å². The minimum Gasteiger partial charge on any atom is -0.345 e. The van der Waals surface area contributed by atoms with Gasteiger partial charge in [0.15, 0.2) is 0 Å². The van der Waals surface area contributed by atoms with Crippen LogP contribution in [-0.2, 0) is 13.6 Å². The number of aromatic amines is 1. The lowest BCUT2D eigenvalue weighted by Crippen LogP contribution is -2.41. The number of anilines is 1. The maximum absolute atomic E-state index is 13.6. The van der Waals surface area contributed by atoms with Gasteiger partial charge >= 0.3 is 0 Å². The molecule has 0 unspecified atom stereocenters. The Morgan fingerprint density at radius 3 is 2.88 bits per heavy atom. The number of halogens is 1. The van der Waals surface area contributed by atoms with Crippen molar-refractivity contribution < 1.29 is 0 Å². The summed E-state index contributed by atoms with van der Waals surface area (Å²) in [4.78, 5) is 24.1. The van der Waals surface area contributed by atoms with Gasteiger partial charge in [0.2, 0.25) is 5.95 Å². The Morgan fingerprint density at radius 1 is 1.28 bits per heavy atom. The van der Waals surface area contributed by atoms with Crippen LogP contribution in [0, 0.1) is 0 Å². The highest BCUT2D eigenvalue weighted by molar-refractivity contribution is 6.38. The first kappa shape index (κ1) is 19.8. The Labute approximate surface area is 190 Å². The second kappa shape index (κ2) is 7.08. The van der Waals surface area contributed by atoms with Crippen LogP contribution in [0.4, 0.5) is 5.95 Å². The smallest absolute Gasteiger partial charge is 0.264 e. The molecule has 32 heavy (non-hydrogen) atoms. The van der Waals surface area contributed by atoms with E-state index in [9.17, 15) is 4.79 Å². The number of benzene rings is 1. The number of aryl methyl sites for hydroxylation is 1. The summed E-state index contributed by atoms with van der Waals surface area (Å²) in [6, 6.07) is 5.13. The summed E-state index contributed by atoms with van der Waals surface area (Å²) in [5, 5.41) is 10.0. The lowest BCUT2D eigenvalue weighted by molar-refractivity contribution is 0.445. The molecule has 2 fully saturated rings. The van der Waals surface area contributed by atoms with Crippen LogP contribution in [0.2, 0.25) is 5.02 Å². The predicted molar refractivity (Wildman–Crippen MR) is 127 cm³/mol. The van der Waals surface area contributed by atoms with E-state index in [4.69, 9.17) is 16.6 Å². The standard InChI is InChI=1S/C23H26ClN7O/c1-4-30-11-15-16(28-30)7-6-13(20(15)24)14-10-26-21-19(14)22(32)29(3)23(27-21)31-12-5-8-18(31)17(9-12)25-2/h6-7,10-12,17-18,25-26H,4-5,8-9H2,1-3H3/t12-,17+,18+/m0/s1. The van der Waals surface area contributed by atoms with Crippen LogP contribution >= 0.6 is 11.6 Å². The number of hydrogen-bond acceptors (Lipinski definition) is 5. The molecule has 166 valence electrons. The maximum Gasteiger partial charge on any atom is 0.264 e. The highest BCUT2D eigenvalue weighted by Gasteiger charge is 2.47. The van der Waals surface area contributed by atoms with Crippen molar-refractivity contribution in [3.8, 4) is 11.1 Å². The number of H-pyrrole nitrogens is 1. The van der Waals surface area contributed by atoms with Crippen LogP contribution in [0.15, 0.2) is 29.3 Å². The quantitative estimate of drug-likeness (QED) is 0.497. The Bertz CT molecular complexity index is 1420. The van der Waals surface area contributed by atoms with E-state index in [2.05, 4.69) is 20.3 Å². The normalized spacial score (nSPS) is 22.6. The monoisotopic (exact) mass is 451 g/mol. The molecule has 6 rings (SSSR count). The van der Waals surface area contributed by atoms with Gasteiger partial charge in [-0.1, -0.05) is 17.7 Å². The van der Waals surface area contributed by atoms with Gasteiger partial charge in [-0.05, 0) is 39.3 Å². The van der Waals surface area contributed by atoms with Gasteiger partial charge in [-0.2, -0.15) is 10.1 Å². The molecule has 2 saturated heterocycles. The van der Waals surface area contributed by atoms with Crippen molar-refractivity contribution >= 4 is 39.5 Å². The lowest BCUT2D eigenvalue weighted by Gasteiger charge is -2.26. The fourth-order valence-electron chi connectivity index (χ4n) is 5.68. The molecule has 3 atom stereocenters. The summed E-state index contributed by atoms with van der Waals surface area (Å²) in [5.41, 5.74) is 2.97. The Kier molecular flexibility index (Phi) is 4.39. The van der Waals surface area contributed by atoms with Crippen molar-refractivity contribution in [2.24, 2.45) is 7.05 Å². The van der Waals surface area contributed by atoms with Crippen molar-refractivity contribution in [2.75, 3.05) is 11.9 Å². The molecule has 5 heterocycles. The van der Waals surface area contributed by atoms with E-state index in [0.29, 0.717) is 34.2 Å². The molecule has 3 aromatic heterocycles. The van der Waals surface area contributed by atoms with E-state index < -0.39 is 0 Å². The molecule has 0 spiro atoms. The van der Waals surface area contributed by atoms with Gasteiger partial charge in [-0.3, -0.25) is 14.0 Å². The number of likely N-dealkylation sites (N-methyl/N-ethyl adjacent to an activating group) is 1. The highest BCUT2D eigenvalue weighted by Crippen LogP contribution is 2.41. The second-order valence-electron chi connectivity index (χ2n) is 8.88. The highest BCUT2D eigenvalue weighted by atomic mass is 35.5. The van der Waals surface area contributed by atoms with Crippen LogP contribution in [0.3, 0.4) is 0 Å². The van der Waals surface area contributed by atoms with Crippen molar-refractivity contribution in [1.29, 1.82) is 0 Å². The van der Waals surface area contributed by atoms with E-state index in [1.807, 2.05) is 50.2 Å². The largest absolute Gasteiger partial charge is 0.345 e. The zero-order chi connectivity index (χ0) is 22.1. The maximum atomic E-state index is 13.6. The summed E-state index contributed by atoms with van der Waals surface area (Å²) in [5.74, 6) is 0.743. The molecule has 2 N–H and O–H groups in total. The van der Waals surface area contributed by atoms with Crippen LogP contribution < -0.4 is 15.8 Å². The fraction of sp³-hybridized carbons (Fsp3) is 0.435. The van der Waals surface area contributed by atoms with Crippen LogP contribution in [-0.4, -0.2) is 49.5 Å². The summed E-state index contributed by atoms with van der Waals surface area (Å²) >= 11 is 6.80. The number of nitrogens with zero attached hydrogens (tertiary/aromatic N) is 5. The van der Waals surface area contributed by atoms with Gasteiger partial charge in [-0.15, -0.1) is 0 Å². The molecule has 4 aromatic rings. The van der Waals surface area contributed by atoms with Crippen molar-refractivity contribution in [2.45, 2.75) is 50.9 Å². The van der Waals surface area contributed by atoms with Crippen molar-refractivity contribution in [1.82, 2.24) is 29.6 Å². The zero-order valence-electron chi connectivity index (χ0n) is 18.4. The van der Waals surface area contributed by atoms with Gasteiger partial charge in [0, 0.05) is 60.6 Å². The minimum absolute atomic E-state index is 0.0611. The summed E-state index contributed by atoms with van der Waals surface area (Å²) < 4.78 is 3.57. The topological polar surface area (TPSA) is 83.8 Å². The van der Waals surface area contributed by atoms with E-state index in [1.54, 1.807) is 4.57 Å². The van der Waals surface area contributed by atoms with Gasteiger partial charge < -0.3 is 15.2 Å². The summed E-state index contributed by atoms with van der Waals surface area (Å²) in [6.07, 6.45) is 7.15. The SMILES string of the molecule is CCn1cc2c(Cl)c(-c3c[nH]c4nc(N5[C@H]6CC[C@@H]5[C@H](NC)C6)n(C)c(=O)c34)ccc2n1. The second-order valence-corrected chi connectivity index (χ2v) is 9.26. The molecule has 0 radical (unpaired) electrons. The first-order valence-corrected chi connectivity index (χ1v) is 11.6. The third-order valence-corrected chi connectivity index (χ3v) is 7.72. The molecule has 0 aliphatic carbocycles. The third kappa shape index (κ3) is 2.62. The molecule has 9 heteroatoms. The van der Waals surface area contributed by atoms with E-state index in [0.717, 1.165) is 53.8 Å². The Morgan fingerprint density at radius 2 is 2.12 bits per heavy atom. The van der Waals surface area contributed by atoms with E-state index in [1.165, 1.54) is 0 Å². The molecule has 0 saturated carbocycles. The molecule has 0 amide bonds. The first-order valence-electron chi connectivity index (χ1n) is 11.2. The molecule has 2 aliphatic rings. The minimum atomic E-state index is -0.0611. The molecule has 2 aliphatic heterocycles. The Hall–Kier alpha value is -2.84. The van der Waals surface area contributed by atoms with Gasteiger partial charge in [0.05, 0.1) is 15.9 Å². The first-order chi connectivity index (χ1) is 15.5. The molecule has 2 bridgehead atoms. The summed E-state index contributed by atoms with van der Waals surface area (Å²) in [6.45, 7) is 2.81. The molecule has 1 aromatic carbocycles. The molecular formula is C23H26ClN7O. The number of aromatic nitrogens is 5. The summed E-state index contributed by atoms with van der Waals surface area (Å²) in [7, 11) is 3.84. The van der Waals surface area contributed by atoms with Crippen LogP contribution in [0.1, 0.15) is 26.2 Å². The van der Waals surface area contributed by atoms with Gasteiger partial charge in [0.1, 0.15) is 5.65 Å². The number of fused-ring (bicyclic) bond motifs is 4. The third-order valence-electron chi connectivity index (χ3n) is 7.31. The average Bonchev–Trinajstić information content (AvgIpc) is 3.57. The Balaban J connectivity index is 1.50. The molecular weight excluding hydrogens is 426 g/mol. The fourth-order valence-corrected chi connectivity index (χ4v) is 5.99. The van der Waals surface area contributed by atoms with Crippen molar-refractivity contribution in [3.05, 3.63) is 39.9 Å². The predicted octanol–water partition coefficient (Wildman–Crippen LogP) is 3.28. The zero-order valence-corrected chi connectivity index (χ0v) is 19.1.